The summed E-state index contributed by atoms with van der Waals surface area (Å²) in [4.78, 5) is 0. The molecule has 1 aliphatic carbocycles. The van der Waals surface area contributed by atoms with E-state index in [4.69, 9.17) is 0 Å². The molecule has 0 unspecified atom stereocenters. The van der Waals surface area contributed by atoms with Crippen LogP contribution in [-0.4, -0.2) is 0 Å². The minimum absolute atomic E-state index is 0.200. The van der Waals surface area contributed by atoms with Gasteiger partial charge in [0.2, 0.25) is 0 Å². The highest BCUT2D eigenvalue weighted by atomic mass is 14.3. The van der Waals surface area contributed by atoms with E-state index in [1.807, 2.05) is 0 Å². The van der Waals surface area contributed by atoms with Crippen LogP contribution in [0.25, 0.3) is 28.3 Å². The minimum Gasteiger partial charge on any atom is -0.0622 e. The first-order chi connectivity index (χ1) is 12.8. The van der Waals surface area contributed by atoms with E-state index < -0.39 is 0 Å². The van der Waals surface area contributed by atoms with Crippen LogP contribution in [0, 0.1) is 19.3 Å². The number of fused-ring (bicyclic) bond motifs is 1. The van der Waals surface area contributed by atoms with Crippen molar-refractivity contribution in [1.82, 2.24) is 0 Å². The maximum atomic E-state index is 2.45. The van der Waals surface area contributed by atoms with Crippen LogP contribution in [0.2, 0.25) is 0 Å². The number of aryl methyl sites for hydroxylation is 2. The van der Waals surface area contributed by atoms with Crippen molar-refractivity contribution >= 4 is 6.08 Å². The van der Waals surface area contributed by atoms with Gasteiger partial charge in [0.15, 0.2) is 0 Å². The average Bonchev–Trinajstić information content (AvgIpc) is 3.05. The Hall–Kier alpha value is -2.60. The molecule has 27 heavy (non-hydrogen) atoms. The zero-order chi connectivity index (χ0) is 19.2. The summed E-state index contributed by atoms with van der Waals surface area (Å²) in [6, 6.07) is 22.4. The number of hydrogen-bond acceptors (Lipinski definition) is 0. The van der Waals surface area contributed by atoms with Crippen molar-refractivity contribution in [3.05, 3.63) is 88.5 Å². The normalized spacial score (nSPS) is 13.4. The van der Waals surface area contributed by atoms with Gasteiger partial charge in [0, 0.05) is 0 Å². The summed E-state index contributed by atoms with van der Waals surface area (Å²) in [5, 5.41) is 0. The van der Waals surface area contributed by atoms with Gasteiger partial charge in [-0.05, 0) is 59.1 Å². The lowest BCUT2D eigenvalue weighted by molar-refractivity contribution is 0.498. The van der Waals surface area contributed by atoms with Crippen molar-refractivity contribution < 1.29 is 0 Å². The van der Waals surface area contributed by atoms with Gasteiger partial charge in [-0.2, -0.15) is 0 Å². The quantitative estimate of drug-likeness (QED) is 0.445. The van der Waals surface area contributed by atoms with E-state index in [-0.39, 0.29) is 5.41 Å². The summed E-state index contributed by atoms with van der Waals surface area (Å²) < 4.78 is 0. The number of rotatable bonds is 2. The Balaban J connectivity index is 2.02. The molecule has 0 N–H and O–H groups in total. The molecule has 0 aliphatic heterocycles. The van der Waals surface area contributed by atoms with Crippen molar-refractivity contribution in [2.45, 2.75) is 41.0 Å². The highest BCUT2D eigenvalue weighted by molar-refractivity contribution is 5.92. The Morgan fingerprint density at radius 1 is 0.741 bits per heavy atom. The maximum absolute atomic E-state index is 2.45. The second-order valence-electron chi connectivity index (χ2n) is 8.90. The van der Waals surface area contributed by atoms with Crippen molar-refractivity contribution in [2.24, 2.45) is 5.41 Å². The Morgan fingerprint density at radius 3 is 2.04 bits per heavy atom. The molecule has 4 rings (SSSR count). The molecule has 0 aromatic heterocycles. The first-order valence-corrected chi connectivity index (χ1v) is 9.84. The Labute approximate surface area is 163 Å². The molecule has 0 radical (unpaired) electrons. The smallest absolute Gasteiger partial charge is 0.00298 e. The average molecular weight is 353 g/mol. The third kappa shape index (κ3) is 3.37. The first-order valence-electron chi connectivity index (χ1n) is 9.84. The molecule has 0 heteroatoms. The number of benzene rings is 3. The monoisotopic (exact) mass is 352 g/mol. The summed E-state index contributed by atoms with van der Waals surface area (Å²) in [5.74, 6) is 0. The summed E-state index contributed by atoms with van der Waals surface area (Å²) in [6.07, 6.45) is 3.51. The Kier molecular flexibility index (Phi) is 4.30. The fourth-order valence-corrected chi connectivity index (χ4v) is 4.18. The maximum Gasteiger partial charge on any atom is -0.00298 e. The largest absolute Gasteiger partial charge is 0.0622 e. The van der Waals surface area contributed by atoms with Crippen molar-refractivity contribution in [3.8, 4) is 22.3 Å². The topological polar surface area (TPSA) is 0 Å². The molecule has 0 fully saturated rings. The molecule has 0 spiro atoms. The van der Waals surface area contributed by atoms with Gasteiger partial charge in [0.25, 0.3) is 0 Å². The van der Waals surface area contributed by atoms with Crippen LogP contribution in [-0.2, 0) is 6.42 Å². The first kappa shape index (κ1) is 17.8. The summed E-state index contributed by atoms with van der Waals surface area (Å²) in [7, 11) is 0. The predicted octanol–water partition coefficient (Wildman–Crippen LogP) is 7.62. The van der Waals surface area contributed by atoms with Gasteiger partial charge in [0.05, 0.1) is 0 Å². The Bertz CT molecular complexity index is 1010. The highest BCUT2D eigenvalue weighted by Gasteiger charge is 2.26. The number of allylic oxidation sites excluding steroid dienone is 1. The lowest BCUT2D eigenvalue weighted by Gasteiger charge is -2.19. The molecule has 136 valence electrons. The molecule has 1 aliphatic rings. The van der Waals surface area contributed by atoms with Crippen LogP contribution in [0.5, 0.6) is 0 Å². The van der Waals surface area contributed by atoms with E-state index in [9.17, 15) is 0 Å². The van der Waals surface area contributed by atoms with E-state index in [0.29, 0.717) is 0 Å². The van der Waals surface area contributed by atoms with Crippen molar-refractivity contribution in [1.29, 1.82) is 0 Å². The zero-order valence-electron chi connectivity index (χ0n) is 17.1. The van der Waals surface area contributed by atoms with E-state index in [1.165, 1.54) is 50.1 Å². The van der Waals surface area contributed by atoms with E-state index in [1.54, 1.807) is 0 Å². The van der Waals surface area contributed by atoms with Crippen LogP contribution in [0.1, 0.15) is 43.0 Å². The van der Waals surface area contributed by atoms with Gasteiger partial charge < -0.3 is 0 Å². The van der Waals surface area contributed by atoms with Crippen LogP contribution in [0.3, 0.4) is 0 Å². The Morgan fingerprint density at radius 2 is 1.41 bits per heavy atom. The summed E-state index contributed by atoms with van der Waals surface area (Å²) in [6.45, 7) is 11.3. The van der Waals surface area contributed by atoms with Gasteiger partial charge >= 0.3 is 0 Å². The van der Waals surface area contributed by atoms with Gasteiger partial charge in [-0.1, -0.05) is 104 Å². The summed E-state index contributed by atoms with van der Waals surface area (Å²) >= 11 is 0. The van der Waals surface area contributed by atoms with Crippen LogP contribution < -0.4 is 0 Å². The van der Waals surface area contributed by atoms with Gasteiger partial charge in [-0.25, -0.2) is 0 Å². The minimum atomic E-state index is 0.200. The van der Waals surface area contributed by atoms with Gasteiger partial charge in [0.1, 0.15) is 0 Å². The van der Waals surface area contributed by atoms with E-state index in [0.717, 1.165) is 6.42 Å². The SMILES string of the molecule is Cc1cc(C)cc(-c2c(-c3ccccc3)ccc3c2C=C(C(C)(C)C)C3)c1. The second-order valence-corrected chi connectivity index (χ2v) is 8.90. The fraction of sp³-hybridized carbons (Fsp3) is 0.259. The second kappa shape index (κ2) is 6.53. The van der Waals surface area contributed by atoms with E-state index in [2.05, 4.69) is 101 Å². The van der Waals surface area contributed by atoms with Crippen molar-refractivity contribution in [2.75, 3.05) is 0 Å². The molecule has 0 atom stereocenters. The zero-order valence-corrected chi connectivity index (χ0v) is 17.1. The lowest BCUT2D eigenvalue weighted by atomic mass is 9.85. The molecule has 0 bridgehead atoms. The molecule has 3 aromatic rings. The molecule has 3 aromatic carbocycles. The third-order valence-electron chi connectivity index (χ3n) is 5.59. The fourth-order valence-electron chi connectivity index (χ4n) is 4.18. The molecular weight excluding hydrogens is 324 g/mol. The van der Waals surface area contributed by atoms with Crippen LogP contribution in [0.4, 0.5) is 0 Å². The van der Waals surface area contributed by atoms with E-state index >= 15 is 0 Å². The van der Waals surface area contributed by atoms with Crippen LogP contribution >= 0.6 is 0 Å². The lowest BCUT2D eigenvalue weighted by Crippen LogP contribution is -2.08. The molecule has 0 saturated carbocycles. The molecule has 0 heterocycles. The molecular formula is C27H28. The van der Waals surface area contributed by atoms with Crippen molar-refractivity contribution in [3.63, 3.8) is 0 Å². The third-order valence-corrected chi connectivity index (χ3v) is 5.59. The van der Waals surface area contributed by atoms with Gasteiger partial charge in [-0.15, -0.1) is 0 Å². The molecule has 0 saturated heterocycles. The standard InChI is InChI=1S/C27H28/c1-18-13-19(2)15-22(14-18)26-24(20-9-7-6-8-10-20)12-11-21-16-23(17-25(21)26)27(3,4)5/h6-15,17H,16H2,1-5H3. The predicted molar refractivity (Wildman–Crippen MR) is 118 cm³/mol. The highest BCUT2D eigenvalue weighted by Crippen LogP contribution is 2.44. The van der Waals surface area contributed by atoms with Crippen LogP contribution in [0.15, 0.2) is 66.2 Å². The molecule has 0 amide bonds. The number of hydrogen-bond donors (Lipinski definition) is 0. The summed E-state index contributed by atoms with van der Waals surface area (Å²) in [5.41, 5.74) is 12.5. The molecule has 0 nitrogen and oxygen atoms in total. The van der Waals surface area contributed by atoms with Gasteiger partial charge in [-0.3, -0.25) is 0 Å².